The number of benzene rings is 1. The van der Waals surface area contributed by atoms with Gasteiger partial charge in [0.2, 0.25) is 11.8 Å². The highest BCUT2D eigenvalue weighted by Gasteiger charge is 2.40. The Morgan fingerprint density at radius 2 is 1.68 bits per heavy atom. The fourth-order valence-electron chi connectivity index (χ4n) is 4.41. The van der Waals surface area contributed by atoms with Gasteiger partial charge in [0.1, 0.15) is 5.54 Å². The summed E-state index contributed by atoms with van der Waals surface area (Å²) in [5, 5.41) is 6.01. The first kappa shape index (κ1) is 20.4. The third-order valence-corrected chi connectivity index (χ3v) is 6.03. The second kappa shape index (κ2) is 9.22. The van der Waals surface area contributed by atoms with Crippen LogP contribution in [0.4, 0.5) is 0 Å². The van der Waals surface area contributed by atoms with Gasteiger partial charge in [0.25, 0.3) is 5.91 Å². The summed E-state index contributed by atoms with van der Waals surface area (Å²) in [6.45, 7) is 3.51. The monoisotopic (exact) mass is 385 g/mol. The van der Waals surface area contributed by atoms with E-state index in [2.05, 4.69) is 10.6 Å². The molecule has 0 unspecified atom stereocenters. The van der Waals surface area contributed by atoms with Crippen LogP contribution in [-0.4, -0.2) is 47.8 Å². The zero-order valence-corrected chi connectivity index (χ0v) is 16.7. The van der Waals surface area contributed by atoms with Gasteiger partial charge in [-0.15, -0.1) is 0 Å². The minimum absolute atomic E-state index is 0.0507. The van der Waals surface area contributed by atoms with Crippen LogP contribution >= 0.6 is 0 Å². The summed E-state index contributed by atoms with van der Waals surface area (Å²) >= 11 is 0. The van der Waals surface area contributed by atoms with Crippen LogP contribution in [0, 0.1) is 5.92 Å². The molecule has 2 fully saturated rings. The first-order valence-electron chi connectivity index (χ1n) is 10.4. The van der Waals surface area contributed by atoms with Gasteiger partial charge in [-0.25, -0.2) is 0 Å². The average Bonchev–Trinajstić information content (AvgIpc) is 2.72. The van der Waals surface area contributed by atoms with E-state index in [1.165, 1.54) is 6.92 Å². The van der Waals surface area contributed by atoms with Gasteiger partial charge in [0.05, 0.1) is 0 Å². The zero-order chi connectivity index (χ0) is 20.0. The lowest BCUT2D eigenvalue weighted by atomic mass is 9.80. The molecule has 1 heterocycles. The summed E-state index contributed by atoms with van der Waals surface area (Å²) in [4.78, 5) is 38.9. The molecule has 0 aromatic heterocycles. The molecule has 0 bridgehead atoms. The molecular formula is C22H31N3O3. The maximum atomic E-state index is 12.9. The molecule has 2 aliphatic rings. The third-order valence-electron chi connectivity index (χ3n) is 6.03. The molecule has 3 rings (SSSR count). The lowest BCUT2D eigenvalue weighted by Crippen LogP contribution is -2.60. The molecule has 28 heavy (non-hydrogen) atoms. The van der Waals surface area contributed by atoms with Crippen LogP contribution in [0.1, 0.15) is 62.2 Å². The molecule has 152 valence electrons. The predicted molar refractivity (Wildman–Crippen MR) is 108 cm³/mol. The number of hydrogen-bond donors (Lipinski definition) is 2. The van der Waals surface area contributed by atoms with Crippen LogP contribution in [0.25, 0.3) is 0 Å². The van der Waals surface area contributed by atoms with Crippen molar-refractivity contribution in [2.45, 2.75) is 57.4 Å². The number of hydrogen-bond acceptors (Lipinski definition) is 3. The molecule has 1 aliphatic heterocycles. The smallest absolute Gasteiger partial charge is 0.253 e. The van der Waals surface area contributed by atoms with Crippen molar-refractivity contribution in [2.75, 3.05) is 19.6 Å². The Hall–Kier alpha value is -2.37. The fourth-order valence-corrected chi connectivity index (χ4v) is 4.41. The van der Waals surface area contributed by atoms with E-state index in [0.717, 1.165) is 37.7 Å². The van der Waals surface area contributed by atoms with Gasteiger partial charge in [0, 0.05) is 32.1 Å². The summed E-state index contributed by atoms with van der Waals surface area (Å²) in [6, 6.07) is 9.36. The van der Waals surface area contributed by atoms with Gasteiger partial charge in [-0.1, -0.05) is 37.5 Å². The van der Waals surface area contributed by atoms with Crippen molar-refractivity contribution in [1.29, 1.82) is 0 Å². The van der Waals surface area contributed by atoms with Crippen molar-refractivity contribution in [1.82, 2.24) is 15.5 Å². The van der Waals surface area contributed by atoms with Gasteiger partial charge >= 0.3 is 0 Å². The number of carbonyl (C=O) groups excluding carboxylic acids is 3. The molecule has 0 radical (unpaired) electrons. The van der Waals surface area contributed by atoms with Crippen molar-refractivity contribution in [2.24, 2.45) is 5.92 Å². The molecule has 1 aromatic carbocycles. The van der Waals surface area contributed by atoms with Crippen LogP contribution in [0.2, 0.25) is 0 Å². The van der Waals surface area contributed by atoms with Gasteiger partial charge in [-0.3, -0.25) is 14.4 Å². The highest BCUT2D eigenvalue weighted by Crippen LogP contribution is 2.29. The molecular weight excluding hydrogens is 354 g/mol. The number of likely N-dealkylation sites (tertiary alicyclic amines) is 1. The topological polar surface area (TPSA) is 78.5 Å². The Morgan fingerprint density at radius 3 is 2.29 bits per heavy atom. The van der Waals surface area contributed by atoms with E-state index in [1.54, 1.807) is 0 Å². The van der Waals surface area contributed by atoms with Gasteiger partial charge < -0.3 is 15.5 Å². The average molecular weight is 386 g/mol. The Morgan fingerprint density at radius 1 is 1.04 bits per heavy atom. The van der Waals surface area contributed by atoms with Gasteiger partial charge in [-0.2, -0.15) is 0 Å². The number of rotatable bonds is 5. The van der Waals surface area contributed by atoms with E-state index in [1.807, 2.05) is 35.2 Å². The number of nitrogens with one attached hydrogen (secondary N) is 2. The highest BCUT2D eigenvalue weighted by molar-refractivity contribution is 5.94. The predicted octanol–water partition coefficient (Wildman–Crippen LogP) is 2.49. The van der Waals surface area contributed by atoms with Crippen molar-refractivity contribution in [3.63, 3.8) is 0 Å². The van der Waals surface area contributed by atoms with Gasteiger partial charge in [-0.05, 0) is 43.7 Å². The molecule has 1 aromatic rings. The maximum absolute atomic E-state index is 12.9. The SMILES string of the molecule is CC(=O)NC1(C(=O)NCC2CCN(C(=O)c3ccccc3)CC2)CCCCC1. The summed E-state index contributed by atoms with van der Waals surface area (Å²) < 4.78 is 0. The van der Waals surface area contributed by atoms with E-state index < -0.39 is 5.54 Å². The molecule has 1 aliphatic carbocycles. The Labute approximate surface area is 167 Å². The molecule has 0 atom stereocenters. The molecule has 6 heteroatoms. The summed E-state index contributed by atoms with van der Waals surface area (Å²) in [5.41, 5.74) is -0.0163. The van der Waals surface area contributed by atoms with Crippen LogP contribution in [0.15, 0.2) is 30.3 Å². The van der Waals surface area contributed by atoms with E-state index in [-0.39, 0.29) is 17.7 Å². The van der Waals surface area contributed by atoms with Crippen LogP contribution in [0.5, 0.6) is 0 Å². The zero-order valence-electron chi connectivity index (χ0n) is 16.7. The van der Waals surface area contributed by atoms with E-state index in [4.69, 9.17) is 0 Å². The highest BCUT2D eigenvalue weighted by atomic mass is 16.2. The van der Waals surface area contributed by atoms with Crippen LogP contribution in [-0.2, 0) is 9.59 Å². The lowest BCUT2D eigenvalue weighted by molar-refractivity contribution is -0.134. The molecule has 0 spiro atoms. The second-order valence-corrected chi connectivity index (χ2v) is 8.14. The van der Waals surface area contributed by atoms with Gasteiger partial charge in [0.15, 0.2) is 0 Å². The molecule has 1 saturated heterocycles. The Kier molecular flexibility index (Phi) is 6.70. The van der Waals surface area contributed by atoms with Crippen molar-refractivity contribution in [3.8, 4) is 0 Å². The fraction of sp³-hybridized carbons (Fsp3) is 0.591. The molecule has 3 amide bonds. The van der Waals surface area contributed by atoms with Crippen LogP contribution in [0.3, 0.4) is 0 Å². The number of nitrogens with zero attached hydrogens (tertiary/aromatic N) is 1. The Balaban J connectivity index is 1.48. The molecule has 1 saturated carbocycles. The first-order valence-corrected chi connectivity index (χ1v) is 10.4. The first-order chi connectivity index (χ1) is 13.5. The van der Waals surface area contributed by atoms with Crippen molar-refractivity contribution >= 4 is 17.7 Å². The Bertz CT molecular complexity index is 690. The van der Waals surface area contributed by atoms with Crippen molar-refractivity contribution in [3.05, 3.63) is 35.9 Å². The maximum Gasteiger partial charge on any atom is 0.253 e. The summed E-state index contributed by atoms with van der Waals surface area (Å²) in [5.74, 6) is 0.242. The number of amides is 3. The van der Waals surface area contributed by atoms with Crippen molar-refractivity contribution < 1.29 is 14.4 Å². The number of piperidine rings is 1. The minimum Gasteiger partial charge on any atom is -0.354 e. The molecule has 6 nitrogen and oxygen atoms in total. The van der Waals surface area contributed by atoms with E-state index in [0.29, 0.717) is 38.4 Å². The lowest BCUT2D eigenvalue weighted by Gasteiger charge is -2.37. The summed E-state index contributed by atoms with van der Waals surface area (Å²) in [7, 11) is 0. The minimum atomic E-state index is -0.742. The normalized spacial score (nSPS) is 19.7. The van der Waals surface area contributed by atoms with Crippen LogP contribution < -0.4 is 10.6 Å². The van der Waals surface area contributed by atoms with E-state index in [9.17, 15) is 14.4 Å². The largest absolute Gasteiger partial charge is 0.354 e. The second-order valence-electron chi connectivity index (χ2n) is 8.14. The third kappa shape index (κ3) is 4.91. The van der Waals surface area contributed by atoms with E-state index >= 15 is 0 Å². The number of carbonyl (C=O) groups is 3. The quantitative estimate of drug-likeness (QED) is 0.817. The standard InChI is InChI=1S/C22H31N3O3/c1-17(26)24-22(12-6-3-7-13-22)21(28)23-16-18-10-14-25(15-11-18)20(27)19-8-4-2-5-9-19/h2,4-5,8-9,18H,3,6-7,10-16H2,1H3,(H,23,28)(H,24,26). The molecule has 2 N–H and O–H groups in total. The summed E-state index contributed by atoms with van der Waals surface area (Å²) in [6.07, 6.45) is 6.23.